The van der Waals surface area contributed by atoms with E-state index in [0.29, 0.717) is 4.96 Å². The van der Waals surface area contributed by atoms with Crippen molar-refractivity contribution < 1.29 is 9.84 Å². The van der Waals surface area contributed by atoms with Crippen molar-refractivity contribution in [2.75, 3.05) is 40.3 Å². The average molecular weight is 359 g/mol. The van der Waals surface area contributed by atoms with E-state index in [1.807, 2.05) is 18.2 Å². The lowest BCUT2D eigenvalue weighted by atomic mass is 10.0. The number of nitrogens with zero attached hydrogens (tertiary/aromatic N) is 5. The Labute approximate surface area is 150 Å². The Hall–Kier alpha value is -2.16. The van der Waals surface area contributed by atoms with Gasteiger partial charge >= 0.3 is 0 Å². The van der Waals surface area contributed by atoms with Crippen LogP contribution < -0.4 is 4.74 Å². The van der Waals surface area contributed by atoms with Gasteiger partial charge < -0.3 is 14.7 Å². The first-order valence-electron chi connectivity index (χ1n) is 8.25. The summed E-state index contributed by atoms with van der Waals surface area (Å²) in [4.78, 5) is 10.5. The van der Waals surface area contributed by atoms with E-state index in [4.69, 9.17) is 4.74 Å². The summed E-state index contributed by atoms with van der Waals surface area (Å²) in [5.74, 6) is 0.986. The van der Waals surface area contributed by atoms with Crippen LogP contribution in [0.2, 0.25) is 0 Å². The highest BCUT2D eigenvalue weighted by atomic mass is 32.1. The molecule has 1 fully saturated rings. The molecule has 0 radical (unpaired) electrons. The first kappa shape index (κ1) is 16.3. The fourth-order valence-electron chi connectivity index (χ4n) is 3.29. The molecule has 8 heteroatoms. The second-order valence-electron chi connectivity index (χ2n) is 6.26. The molecule has 1 N–H and O–H groups in total. The second kappa shape index (κ2) is 6.62. The monoisotopic (exact) mass is 359 g/mol. The molecule has 1 aliphatic rings. The first-order chi connectivity index (χ1) is 12.2. The zero-order valence-electron chi connectivity index (χ0n) is 14.3. The van der Waals surface area contributed by atoms with Crippen molar-refractivity contribution in [1.29, 1.82) is 0 Å². The van der Waals surface area contributed by atoms with E-state index in [1.165, 1.54) is 22.2 Å². The van der Waals surface area contributed by atoms with E-state index in [2.05, 4.69) is 33.0 Å². The number of likely N-dealkylation sites (N-methyl/N-ethyl adjacent to an activating group) is 1. The highest BCUT2D eigenvalue weighted by molar-refractivity contribution is 7.17. The highest BCUT2D eigenvalue weighted by Gasteiger charge is 2.31. The van der Waals surface area contributed by atoms with Crippen molar-refractivity contribution in [2.24, 2.45) is 0 Å². The summed E-state index contributed by atoms with van der Waals surface area (Å²) in [7, 11) is 3.81. The third-order valence-corrected chi connectivity index (χ3v) is 5.79. The van der Waals surface area contributed by atoms with Gasteiger partial charge in [-0.25, -0.2) is 4.98 Å². The van der Waals surface area contributed by atoms with Crippen LogP contribution in [0.3, 0.4) is 0 Å². The Morgan fingerprint density at radius 3 is 2.76 bits per heavy atom. The van der Waals surface area contributed by atoms with Gasteiger partial charge in [-0.3, -0.25) is 4.90 Å². The quantitative estimate of drug-likeness (QED) is 0.767. The van der Waals surface area contributed by atoms with E-state index in [-0.39, 0.29) is 11.9 Å². The Morgan fingerprint density at radius 2 is 2.04 bits per heavy atom. The number of thiazole rings is 1. The summed E-state index contributed by atoms with van der Waals surface area (Å²) in [6.45, 7) is 3.88. The van der Waals surface area contributed by atoms with Gasteiger partial charge in [0.15, 0.2) is 0 Å². The van der Waals surface area contributed by atoms with Crippen LogP contribution in [0.1, 0.15) is 16.5 Å². The summed E-state index contributed by atoms with van der Waals surface area (Å²) in [5, 5.41) is 14.8. The number of aromatic hydroxyl groups is 1. The molecule has 0 amide bonds. The second-order valence-corrected chi connectivity index (χ2v) is 7.27. The summed E-state index contributed by atoms with van der Waals surface area (Å²) in [6.07, 6.45) is 1.46. The minimum absolute atomic E-state index is 0.0442. The molecule has 3 aromatic rings. The molecule has 7 nitrogen and oxygen atoms in total. The van der Waals surface area contributed by atoms with Crippen molar-refractivity contribution in [3.05, 3.63) is 41.0 Å². The summed E-state index contributed by atoms with van der Waals surface area (Å²) in [5.41, 5.74) is 1.10. The molecule has 1 atom stereocenters. The van der Waals surface area contributed by atoms with E-state index < -0.39 is 0 Å². The summed E-state index contributed by atoms with van der Waals surface area (Å²) >= 11 is 1.48. The lowest BCUT2D eigenvalue weighted by molar-refractivity contribution is 0.127. The van der Waals surface area contributed by atoms with Crippen LogP contribution in [0.5, 0.6) is 11.6 Å². The summed E-state index contributed by atoms with van der Waals surface area (Å²) in [6, 6.07) is 8.01. The maximum atomic E-state index is 10.7. The van der Waals surface area contributed by atoms with Gasteiger partial charge in [0.25, 0.3) is 0 Å². The van der Waals surface area contributed by atoms with Crippen molar-refractivity contribution in [3.63, 3.8) is 0 Å². The maximum absolute atomic E-state index is 10.7. The van der Waals surface area contributed by atoms with Crippen LogP contribution >= 0.6 is 11.3 Å². The Morgan fingerprint density at radius 1 is 1.24 bits per heavy atom. The van der Waals surface area contributed by atoms with Crippen molar-refractivity contribution >= 4 is 16.3 Å². The number of hydrogen-bond acceptors (Lipinski definition) is 7. The molecule has 2 aromatic heterocycles. The van der Waals surface area contributed by atoms with Gasteiger partial charge in [-0.1, -0.05) is 23.5 Å². The molecule has 1 aliphatic heterocycles. The number of fused-ring (bicyclic) bond motifs is 1. The molecule has 1 aromatic carbocycles. The van der Waals surface area contributed by atoms with Crippen LogP contribution in [-0.2, 0) is 0 Å². The number of benzene rings is 1. The SMILES string of the molecule is COc1cccc([C@@H](c2sc3ncnn3c2O)N2CCN(C)CC2)c1. The smallest absolute Gasteiger partial charge is 0.230 e. The molecule has 0 bridgehead atoms. The fraction of sp³-hybridized carbons (Fsp3) is 0.412. The van der Waals surface area contributed by atoms with Crippen molar-refractivity contribution in [3.8, 4) is 11.6 Å². The number of hydrogen-bond donors (Lipinski definition) is 1. The molecule has 0 spiro atoms. The molecule has 132 valence electrons. The molecule has 0 aliphatic carbocycles. The molecular weight excluding hydrogens is 338 g/mol. The number of rotatable bonds is 4. The molecule has 1 saturated heterocycles. The Kier molecular flexibility index (Phi) is 4.32. The van der Waals surface area contributed by atoms with E-state index in [0.717, 1.165) is 42.4 Å². The Bertz CT molecular complexity index is 869. The zero-order valence-corrected chi connectivity index (χ0v) is 15.1. The number of ether oxygens (including phenoxy) is 1. The van der Waals surface area contributed by atoms with Gasteiger partial charge in [-0.2, -0.15) is 9.61 Å². The minimum atomic E-state index is -0.0442. The van der Waals surface area contributed by atoms with Crippen molar-refractivity contribution in [1.82, 2.24) is 24.4 Å². The van der Waals surface area contributed by atoms with Gasteiger partial charge in [0.05, 0.1) is 18.0 Å². The zero-order chi connectivity index (χ0) is 17.4. The molecule has 0 unspecified atom stereocenters. The topological polar surface area (TPSA) is 66.1 Å². The largest absolute Gasteiger partial charge is 0.497 e. The third kappa shape index (κ3) is 2.97. The van der Waals surface area contributed by atoms with Gasteiger partial charge in [-0.15, -0.1) is 0 Å². The molecular formula is C17H21N5O2S. The lowest BCUT2D eigenvalue weighted by Crippen LogP contribution is -2.46. The number of methoxy groups -OCH3 is 1. The number of piperazine rings is 1. The molecule has 0 saturated carbocycles. The molecule has 3 heterocycles. The predicted octanol–water partition coefficient (Wildman–Crippen LogP) is 1.84. The van der Waals surface area contributed by atoms with Gasteiger partial charge in [0, 0.05) is 26.2 Å². The number of aromatic nitrogens is 3. The van der Waals surface area contributed by atoms with Crippen LogP contribution in [0.4, 0.5) is 0 Å². The minimum Gasteiger partial charge on any atom is -0.497 e. The summed E-state index contributed by atoms with van der Waals surface area (Å²) < 4.78 is 6.91. The standard InChI is InChI=1S/C17H21N5O2S/c1-20-6-8-21(9-7-20)14(12-4-3-5-13(10-12)24-2)15-16(23)22-17(25-15)18-11-19-22/h3-5,10-11,14,23H,6-9H2,1-2H3/t14-/m0/s1. The average Bonchev–Trinajstić information content (AvgIpc) is 3.21. The van der Waals surface area contributed by atoms with Gasteiger partial charge in [0.2, 0.25) is 10.8 Å². The normalized spacial score (nSPS) is 17.8. The van der Waals surface area contributed by atoms with Crippen LogP contribution in [0, 0.1) is 0 Å². The Balaban J connectivity index is 1.80. The highest BCUT2D eigenvalue weighted by Crippen LogP contribution is 2.40. The van der Waals surface area contributed by atoms with Gasteiger partial charge in [-0.05, 0) is 24.7 Å². The van der Waals surface area contributed by atoms with E-state index >= 15 is 0 Å². The van der Waals surface area contributed by atoms with E-state index in [9.17, 15) is 5.11 Å². The lowest BCUT2D eigenvalue weighted by Gasteiger charge is -2.37. The first-order valence-corrected chi connectivity index (χ1v) is 9.07. The van der Waals surface area contributed by atoms with Crippen LogP contribution in [0.15, 0.2) is 30.6 Å². The van der Waals surface area contributed by atoms with Crippen LogP contribution in [0.25, 0.3) is 4.96 Å². The van der Waals surface area contributed by atoms with E-state index in [1.54, 1.807) is 7.11 Å². The van der Waals surface area contributed by atoms with Gasteiger partial charge in [0.1, 0.15) is 12.1 Å². The fourth-order valence-corrected chi connectivity index (χ4v) is 4.38. The molecule has 25 heavy (non-hydrogen) atoms. The van der Waals surface area contributed by atoms with Crippen LogP contribution in [-0.4, -0.2) is 69.8 Å². The maximum Gasteiger partial charge on any atom is 0.230 e. The van der Waals surface area contributed by atoms with Crippen molar-refractivity contribution in [2.45, 2.75) is 6.04 Å². The molecule has 4 rings (SSSR count). The predicted molar refractivity (Wildman–Crippen MR) is 96.4 cm³/mol. The third-order valence-electron chi connectivity index (χ3n) is 4.70.